The summed E-state index contributed by atoms with van der Waals surface area (Å²) in [5.74, 6) is -1.30. The lowest BCUT2D eigenvalue weighted by molar-refractivity contribution is 0.244. The van der Waals surface area contributed by atoms with E-state index >= 15 is 0 Å². The molecule has 1 heterocycles. The van der Waals surface area contributed by atoms with Gasteiger partial charge >= 0.3 is 0 Å². The van der Waals surface area contributed by atoms with Crippen LogP contribution in [0.2, 0.25) is 0 Å². The average Bonchev–Trinajstić information content (AvgIpc) is 2.26. The van der Waals surface area contributed by atoms with E-state index in [0.29, 0.717) is 6.54 Å². The number of halogens is 2. The maximum absolute atomic E-state index is 13.2. The second-order valence-corrected chi connectivity index (χ2v) is 3.77. The van der Waals surface area contributed by atoms with Crippen molar-refractivity contribution in [2.24, 2.45) is 0 Å². The van der Waals surface area contributed by atoms with E-state index in [9.17, 15) is 8.78 Å². The Kier molecular flexibility index (Phi) is 4.69. The normalized spacial score (nSPS) is 19.6. The first-order chi connectivity index (χ1) is 7.15. The van der Waals surface area contributed by atoms with E-state index in [1.165, 1.54) is 6.42 Å². The van der Waals surface area contributed by atoms with Gasteiger partial charge < -0.3 is 0 Å². The molecule has 0 bridgehead atoms. The van der Waals surface area contributed by atoms with Crippen LogP contribution in [0.15, 0.2) is 36.5 Å². The van der Waals surface area contributed by atoms with Crippen LogP contribution in [0.25, 0.3) is 0 Å². The van der Waals surface area contributed by atoms with E-state index in [2.05, 4.69) is 13.2 Å². The van der Waals surface area contributed by atoms with Gasteiger partial charge in [0, 0.05) is 12.1 Å². The van der Waals surface area contributed by atoms with Gasteiger partial charge in [0.15, 0.2) is 0 Å². The topological polar surface area (TPSA) is 3.24 Å². The van der Waals surface area contributed by atoms with Gasteiger partial charge in [-0.25, -0.2) is 8.78 Å². The Labute approximate surface area is 89.8 Å². The van der Waals surface area contributed by atoms with Gasteiger partial charge in [-0.05, 0) is 32.0 Å². The number of rotatable bonds is 4. The van der Waals surface area contributed by atoms with Crippen molar-refractivity contribution in [3.63, 3.8) is 0 Å². The highest BCUT2D eigenvalue weighted by Gasteiger charge is 2.15. The van der Waals surface area contributed by atoms with Crippen molar-refractivity contribution in [2.75, 3.05) is 19.6 Å². The molecule has 1 rings (SSSR count). The van der Waals surface area contributed by atoms with E-state index < -0.39 is 11.7 Å². The van der Waals surface area contributed by atoms with Crippen LogP contribution in [0.5, 0.6) is 0 Å². The summed E-state index contributed by atoms with van der Waals surface area (Å²) in [6, 6.07) is 0. The van der Waals surface area contributed by atoms with Crippen LogP contribution in [0.1, 0.15) is 19.3 Å². The Bertz CT molecular complexity index is 275. The van der Waals surface area contributed by atoms with E-state index in [-0.39, 0.29) is 5.57 Å². The van der Waals surface area contributed by atoms with Crippen LogP contribution < -0.4 is 0 Å². The molecule has 1 saturated heterocycles. The lowest BCUT2D eigenvalue weighted by Crippen LogP contribution is -2.31. The zero-order valence-electron chi connectivity index (χ0n) is 8.94. The molecule has 0 radical (unpaired) electrons. The third kappa shape index (κ3) is 3.59. The molecule has 0 unspecified atom stereocenters. The standard InChI is InChI=1S/C12H17F2N/c1-3-12(14)11(10(2)13)9-15-7-5-4-6-8-15/h3H,1-2,4-9H2/b12-11+. The predicted molar refractivity (Wildman–Crippen MR) is 58.9 cm³/mol. The molecular weight excluding hydrogens is 196 g/mol. The minimum absolute atomic E-state index is 0.0342. The molecule has 0 aliphatic carbocycles. The van der Waals surface area contributed by atoms with Crippen LogP contribution in [0.4, 0.5) is 8.78 Å². The minimum atomic E-state index is -0.696. The summed E-state index contributed by atoms with van der Waals surface area (Å²) in [5.41, 5.74) is 0.0342. The van der Waals surface area contributed by atoms with Gasteiger partial charge in [0.25, 0.3) is 0 Å². The molecule has 0 aromatic rings. The number of allylic oxidation sites excluding steroid dienone is 2. The molecule has 15 heavy (non-hydrogen) atoms. The first-order valence-corrected chi connectivity index (χ1v) is 5.23. The lowest BCUT2D eigenvalue weighted by Gasteiger charge is -2.27. The molecule has 0 amide bonds. The molecule has 0 atom stereocenters. The predicted octanol–water partition coefficient (Wildman–Crippen LogP) is 3.37. The molecule has 0 N–H and O–H groups in total. The molecule has 0 saturated carbocycles. The first kappa shape index (κ1) is 12.1. The fourth-order valence-corrected chi connectivity index (χ4v) is 1.76. The number of nitrogens with zero attached hydrogens (tertiary/aromatic N) is 1. The first-order valence-electron chi connectivity index (χ1n) is 5.23. The minimum Gasteiger partial charge on any atom is -0.299 e. The highest BCUT2D eigenvalue weighted by Crippen LogP contribution is 2.20. The Morgan fingerprint density at radius 2 is 1.80 bits per heavy atom. The van der Waals surface area contributed by atoms with E-state index in [0.717, 1.165) is 32.0 Å². The second-order valence-electron chi connectivity index (χ2n) is 3.77. The van der Waals surface area contributed by atoms with E-state index in [1.54, 1.807) is 0 Å². The van der Waals surface area contributed by atoms with Crippen molar-refractivity contribution in [3.05, 3.63) is 36.5 Å². The van der Waals surface area contributed by atoms with Gasteiger partial charge in [-0.15, -0.1) is 0 Å². The average molecular weight is 213 g/mol. The van der Waals surface area contributed by atoms with Crippen molar-refractivity contribution >= 4 is 0 Å². The highest BCUT2D eigenvalue weighted by molar-refractivity contribution is 5.32. The van der Waals surface area contributed by atoms with Crippen molar-refractivity contribution in [3.8, 4) is 0 Å². The van der Waals surface area contributed by atoms with E-state index in [4.69, 9.17) is 0 Å². The maximum Gasteiger partial charge on any atom is 0.130 e. The third-order valence-electron chi connectivity index (χ3n) is 2.63. The third-order valence-corrected chi connectivity index (χ3v) is 2.63. The number of hydrogen-bond donors (Lipinski definition) is 0. The van der Waals surface area contributed by atoms with Crippen LogP contribution in [0.3, 0.4) is 0 Å². The molecule has 1 aliphatic heterocycles. The van der Waals surface area contributed by atoms with Crippen LogP contribution in [-0.2, 0) is 0 Å². The summed E-state index contributed by atoms with van der Waals surface area (Å²) in [6.07, 6.45) is 4.43. The quantitative estimate of drug-likeness (QED) is 0.647. The summed E-state index contributed by atoms with van der Waals surface area (Å²) < 4.78 is 26.2. The molecule has 1 aliphatic rings. The Morgan fingerprint density at radius 3 is 2.27 bits per heavy atom. The van der Waals surface area contributed by atoms with Gasteiger partial charge in [-0.3, -0.25) is 4.90 Å². The Morgan fingerprint density at radius 1 is 1.20 bits per heavy atom. The monoisotopic (exact) mass is 213 g/mol. The van der Waals surface area contributed by atoms with Crippen molar-refractivity contribution in [1.29, 1.82) is 0 Å². The summed E-state index contributed by atoms with van der Waals surface area (Å²) >= 11 is 0. The zero-order chi connectivity index (χ0) is 11.3. The largest absolute Gasteiger partial charge is 0.299 e. The number of likely N-dealkylation sites (tertiary alicyclic amines) is 1. The SMILES string of the molecule is C=C/C(F)=C(/CN1CCCCC1)C(=C)F. The molecule has 0 aromatic heterocycles. The van der Waals surface area contributed by atoms with Crippen molar-refractivity contribution in [1.82, 2.24) is 4.90 Å². The van der Waals surface area contributed by atoms with Gasteiger partial charge in [0.1, 0.15) is 11.7 Å². The van der Waals surface area contributed by atoms with Gasteiger partial charge in [0.05, 0.1) is 0 Å². The molecule has 0 spiro atoms. The Balaban J connectivity index is 2.66. The summed E-state index contributed by atoms with van der Waals surface area (Å²) in [4.78, 5) is 2.05. The molecule has 1 nitrogen and oxygen atoms in total. The molecule has 84 valence electrons. The van der Waals surface area contributed by atoms with E-state index in [1.807, 2.05) is 4.90 Å². The summed E-state index contributed by atoms with van der Waals surface area (Å²) in [5, 5.41) is 0. The zero-order valence-corrected chi connectivity index (χ0v) is 8.94. The van der Waals surface area contributed by atoms with Crippen molar-refractivity contribution < 1.29 is 8.78 Å². The molecule has 0 aromatic carbocycles. The fraction of sp³-hybridized carbons (Fsp3) is 0.500. The molecule has 3 heteroatoms. The van der Waals surface area contributed by atoms with Gasteiger partial charge in [0.2, 0.25) is 0 Å². The van der Waals surface area contributed by atoms with Crippen molar-refractivity contribution in [2.45, 2.75) is 19.3 Å². The van der Waals surface area contributed by atoms with Gasteiger partial charge in [-0.1, -0.05) is 19.6 Å². The lowest BCUT2D eigenvalue weighted by atomic mass is 10.1. The van der Waals surface area contributed by atoms with Gasteiger partial charge in [-0.2, -0.15) is 0 Å². The number of hydrogen-bond acceptors (Lipinski definition) is 1. The summed E-state index contributed by atoms with van der Waals surface area (Å²) in [7, 11) is 0. The molecular formula is C12H17F2N. The second kappa shape index (κ2) is 5.81. The molecule has 1 fully saturated rings. The Hall–Kier alpha value is -0.960. The van der Waals surface area contributed by atoms with Crippen LogP contribution in [0, 0.1) is 0 Å². The fourth-order valence-electron chi connectivity index (χ4n) is 1.76. The maximum atomic E-state index is 13.2. The summed E-state index contributed by atoms with van der Waals surface area (Å²) in [6.45, 7) is 8.56. The smallest absolute Gasteiger partial charge is 0.130 e. The van der Waals surface area contributed by atoms with Crippen LogP contribution >= 0.6 is 0 Å². The highest BCUT2D eigenvalue weighted by atomic mass is 19.1. The number of piperidine rings is 1. The van der Waals surface area contributed by atoms with Crippen LogP contribution in [-0.4, -0.2) is 24.5 Å².